The Balaban J connectivity index is 0.000000240. The second kappa shape index (κ2) is 14.4. The molecular formula is C28H30N4O2Pt. The van der Waals surface area contributed by atoms with Crippen LogP contribution in [0.25, 0.3) is 22.5 Å². The fourth-order valence-electron chi connectivity index (χ4n) is 3.26. The molecule has 35 heavy (non-hydrogen) atoms. The molecule has 0 saturated carbocycles. The van der Waals surface area contributed by atoms with Crippen molar-refractivity contribution >= 4 is 5.69 Å². The van der Waals surface area contributed by atoms with Gasteiger partial charge in [0, 0.05) is 44.5 Å². The van der Waals surface area contributed by atoms with Crippen LogP contribution in [0.4, 0.5) is 5.69 Å². The third-order valence-corrected chi connectivity index (χ3v) is 5.03. The van der Waals surface area contributed by atoms with Crippen LogP contribution in [0.2, 0.25) is 0 Å². The fraction of sp³-hybridized carbons (Fsp3) is 0.214. The van der Waals surface area contributed by atoms with E-state index in [2.05, 4.69) is 33.5 Å². The van der Waals surface area contributed by atoms with Crippen molar-refractivity contribution in [3.8, 4) is 28.3 Å². The molecular weight excluding hydrogens is 619 g/mol. The maximum Gasteiger partial charge on any atom is 2.00 e. The van der Waals surface area contributed by atoms with Gasteiger partial charge in [-0.25, -0.2) is 0 Å². The van der Waals surface area contributed by atoms with Crippen LogP contribution in [0.5, 0.6) is 5.75 Å². The zero-order chi connectivity index (χ0) is 24.3. The minimum Gasteiger partial charge on any atom is -0.516 e. The van der Waals surface area contributed by atoms with E-state index in [-0.39, 0.29) is 27.7 Å². The summed E-state index contributed by atoms with van der Waals surface area (Å²) < 4.78 is 5.16. The monoisotopic (exact) mass is 649 g/mol. The van der Waals surface area contributed by atoms with Crippen molar-refractivity contribution in [1.29, 1.82) is 0 Å². The van der Waals surface area contributed by atoms with Gasteiger partial charge in [0.25, 0.3) is 0 Å². The summed E-state index contributed by atoms with van der Waals surface area (Å²) in [4.78, 5) is 10.7. The van der Waals surface area contributed by atoms with Gasteiger partial charge in [-0.3, -0.25) is 0 Å². The molecule has 0 aliphatic rings. The van der Waals surface area contributed by atoms with E-state index in [4.69, 9.17) is 9.84 Å². The van der Waals surface area contributed by atoms with Crippen LogP contribution in [0.3, 0.4) is 0 Å². The predicted molar refractivity (Wildman–Crippen MR) is 137 cm³/mol. The maximum atomic E-state index is 9.09. The van der Waals surface area contributed by atoms with Crippen LogP contribution in [0, 0.1) is 12.1 Å². The second-order valence-corrected chi connectivity index (χ2v) is 7.75. The van der Waals surface area contributed by atoms with Gasteiger partial charge >= 0.3 is 21.1 Å². The Labute approximate surface area is 222 Å². The second-order valence-electron chi connectivity index (χ2n) is 7.75. The standard InChI is InChI=1S/2C14H15N2O.Pt/c1-15-10-11-6-7-16-14(8-11)12-4-3-5-13(9-12)17-2;1-16(2)13-6-7-15-14(9-13)12-5-3-4-11(8-12)10-17;/h3-8,15H,10H2,1-2H3;3-7,9,17H,10H2,1-2H3;/q2*-1;+2. The van der Waals surface area contributed by atoms with Gasteiger partial charge in [0.05, 0.1) is 13.7 Å². The molecule has 4 aromatic rings. The molecule has 0 amide bonds. The Morgan fingerprint density at radius 3 is 2.23 bits per heavy atom. The van der Waals surface area contributed by atoms with Crippen LogP contribution < -0.4 is 15.0 Å². The zero-order valence-electron chi connectivity index (χ0n) is 20.4. The SMILES string of the molecule is CN(C)c1ccnc(-c2[c-]c(CO)ccc2)c1.CNCc1ccnc(-c2[c-]c(OC)ccc2)c1.[Pt+2]. The number of benzene rings is 2. The van der Waals surface area contributed by atoms with Crippen molar-refractivity contribution in [2.45, 2.75) is 13.2 Å². The number of nitrogens with zero attached hydrogens (tertiary/aromatic N) is 3. The van der Waals surface area contributed by atoms with Gasteiger partial charge in [0.15, 0.2) is 0 Å². The molecule has 2 N–H and O–H groups in total. The smallest absolute Gasteiger partial charge is 0.516 e. The van der Waals surface area contributed by atoms with Crippen LogP contribution in [0.1, 0.15) is 11.1 Å². The average molecular weight is 650 g/mol. The number of pyridine rings is 2. The number of aliphatic hydroxyl groups is 1. The van der Waals surface area contributed by atoms with Gasteiger partial charge in [-0.05, 0) is 36.1 Å². The molecule has 0 aliphatic heterocycles. The van der Waals surface area contributed by atoms with Crippen molar-refractivity contribution in [3.63, 3.8) is 0 Å². The predicted octanol–water partition coefficient (Wildman–Crippen LogP) is 4.38. The molecule has 0 radical (unpaired) electrons. The molecule has 2 aromatic carbocycles. The number of aromatic nitrogens is 2. The van der Waals surface area contributed by atoms with E-state index in [1.807, 2.05) is 86.8 Å². The Kier molecular flexibility index (Phi) is 11.6. The molecule has 0 atom stereocenters. The fourth-order valence-corrected chi connectivity index (χ4v) is 3.26. The van der Waals surface area contributed by atoms with Crippen LogP contribution in [0.15, 0.2) is 73.1 Å². The number of aliphatic hydroxyl groups excluding tert-OH is 1. The van der Waals surface area contributed by atoms with Gasteiger partial charge in [-0.2, -0.15) is 0 Å². The number of hydrogen-bond acceptors (Lipinski definition) is 6. The van der Waals surface area contributed by atoms with E-state index >= 15 is 0 Å². The molecule has 0 unspecified atom stereocenters. The molecule has 0 aliphatic carbocycles. The normalized spacial score (nSPS) is 9.97. The van der Waals surface area contributed by atoms with E-state index < -0.39 is 0 Å². The quantitative estimate of drug-likeness (QED) is 0.290. The van der Waals surface area contributed by atoms with E-state index in [1.165, 1.54) is 5.56 Å². The van der Waals surface area contributed by atoms with E-state index in [1.54, 1.807) is 13.3 Å². The van der Waals surface area contributed by atoms with Crippen LogP contribution >= 0.6 is 0 Å². The third kappa shape index (κ3) is 8.29. The first-order valence-electron chi connectivity index (χ1n) is 11.0. The van der Waals surface area contributed by atoms with Crippen molar-refractivity contribution in [2.75, 3.05) is 33.2 Å². The summed E-state index contributed by atoms with van der Waals surface area (Å²) in [5, 5.41) is 12.2. The number of hydrogen-bond donors (Lipinski definition) is 2. The number of ether oxygens (including phenoxy) is 1. The number of methoxy groups -OCH3 is 1. The van der Waals surface area contributed by atoms with Gasteiger partial charge < -0.3 is 30.0 Å². The van der Waals surface area contributed by atoms with Crippen molar-refractivity contribution < 1.29 is 30.9 Å². The van der Waals surface area contributed by atoms with Crippen molar-refractivity contribution in [1.82, 2.24) is 15.3 Å². The largest absolute Gasteiger partial charge is 2.00 e. The summed E-state index contributed by atoms with van der Waals surface area (Å²) >= 11 is 0. The number of rotatable bonds is 7. The average Bonchev–Trinajstić information content (AvgIpc) is 2.89. The van der Waals surface area contributed by atoms with Crippen LogP contribution in [-0.4, -0.2) is 43.3 Å². The minimum atomic E-state index is 0. The Hall–Kier alpha value is -3.05. The van der Waals surface area contributed by atoms with E-state index in [0.717, 1.165) is 46.1 Å². The van der Waals surface area contributed by atoms with Crippen molar-refractivity contribution in [2.24, 2.45) is 0 Å². The summed E-state index contributed by atoms with van der Waals surface area (Å²) in [5.74, 6) is 0.725. The molecule has 184 valence electrons. The molecule has 6 nitrogen and oxygen atoms in total. The van der Waals surface area contributed by atoms with Crippen molar-refractivity contribution in [3.05, 3.63) is 96.3 Å². The van der Waals surface area contributed by atoms with E-state index in [0.29, 0.717) is 0 Å². The maximum absolute atomic E-state index is 9.09. The Morgan fingerprint density at radius 1 is 0.914 bits per heavy atom. The molecule has 0 fully saturated rings. The first-order chi connectivity index (χ1) is 16.5. The molecule has 0 saturated heterocycles. The van der Waals surface area contributed by atoms with E-state index in [9.17, 15) is 0 Å². The molecule has 7 heteroatoms. The summed E-state index contributed by atoms with van der Waals surface area (Å²) in [5.41, 5.74) is 6.71. The molecule has 2 aromatic heterocycles. The number of nitrogens with one attached hydrogen (secondary N) is 1. The summed E-state index contributed by atoms with van der Waals surface area (Å²) in [7, 11) is 7.55. The van der Waals surface area contributed by atoms with Gasteiger partial charge in [0.2, 0.25) is 0 Å². The zero-order valence-corrected chi connectivity index (χ0v) is 22.6. The first kappa shape index (κ1) is 28.2. The molecule has 0 bridgehead atoms. The van der Waals surface area contributed by atoms with Gasteiger partial charge in [-0.1, -0.05) is 18.2 Å². The third-order valence-electron chi connectivity index (χ3n) is 5.03. The Morgan fingerprint density at radius 2 is 1.57 bits per heavy atom. The molecule has 2 heterocycles. The minimum absolute atomic E-state index is 0. The number of anilines is 1. The summed E-state index contributed by atoms with van der Waals surface area (Å²) in [6.45, 7) is 0.834. The van der Waals surface area contributed by atoms with Gasteiger partial charge in [0.1, 0.15) is 0 Å². The molecule has 0 spiro atoms. The van der Waals surface area contributed by atoms with Gasteiger partial charge in [-0.15, -0.1) is 59.2 Å². The topological polar surface area (TPSA) is 70.5 Å². The summed E-state index contributed by atoms with van der Waals surface area (Å²) in [6, 6.07) is 25.8. The molecule has 4 rings (SSSR count). The Bertz CT molecular complexity index is 1200. The summed E-state index contributed by atoms with van der Waals surface area (Å²) in [6.07, 6.45) is 3.60. The van der Waals surface area contributed by atoms with Crippen LogP contribution in [-0.2, 0) is 34.2 Å². The first-order valence-corrected chi connectivity index (χ1v) is 11.0.